The number of methoxy groups -OCH3 is 3. The van der Waals surface area contributed by atoms with Gasteiger partial charge in [0.25, 0.3) is 0 Å². The number of nitrogens with zero attached hydrogens (tertiary/aromatic N) is 1. The normalized spacial score (nSPS) is 11.3. The summed E-state index contributed by atoms with van der Waals surface area (Å²) in [6, 6.07) is 13.3. The molecule has 0 amide bonds. The van der Waals surface area contributed by atoms with Crippen LogP contribution in [0.25, 0.3) is 11.1 Å². The lowest BCUT2D eigenvalue weighted by molar-refractivity contribution is -0.141. The van der Waals surface area contributed by atoms with Gasteiger partial charge in [0, 0.05) is 29.2 Å². The standard InChI is InChI=1S/C23H24N4O4/c1-29-19-11-17(15-5-4-10-26-13-15)18(12-20(19)30-2)21(23(28)31-3)27-16-8-6-14(7-9-16)22(24)25/h4-13,21,27H,1-3H3,(H3,24,25). The molecule has 1 aromatic heterocycles. The van der Waals surface area contributed by atoms with Gasteiger partial charge in [0.15, 0.2) is 17.5 Å². The van der Waals surface area contributed by atoms with Crippen LogP contribution in [0.15, 0.2) is 60.9 Å². The average Bonchev–Trinajstić information content (AvgIpc) is 2.82. The van der Waals surface area contributed by atoms with Crippen LogP contribution in [0.4, 0.5) is 5.69 Å². The van der Waals surface area contributed by atoms with Gasteiger partial charge in [0.1, 0.15) is 5.84 Å². The van der Waals surface area contributed by atoms with Gasteiger partial charge in [0.05, 0.1) is 21.3 Å². The second kappa shape index (κ2) is 9.62. The smallest absolute Gasteiger partial charge is 0.333 e. The molecule has 0 aliphatic rings. The predicted molar refractivity (Wildman–Crippen MR) is 119 cm³/mol. The van der Waals surface area contributed by atoms with Gasteiger partial charge in [-0.05, 0) is 53.6 Å². The van der Waals surface area contributed by atoms with Gasteiger partial charge in [-0.3, -0.25) is 10.4 Å². The molecular weight excluding hydrogens is 396 g/mol. The van der Waals surface area contributed by atoms with Crippen LogP contribution in [-0.4, -0.2) is 38.1 Å². The third-order valence-corrected chi connectivity index (χ3v) is 4.78. The third kappa shape index (κ3) is 4.75. The van der Waals surface area contributed by atoms with E-state index in [2.05, 4.69) is 10.3 Å². The van der Waals surface area contributed by atoms with E-state index in [1.54, 1.807) is 49.8 Å². The minimum absolute atomic E-state index is 0.0326. The van der Waals surface area contributed by atoms with E-state index < -0.39 is 12.0 Å². The third-order valence-electron chi connectivity index (χ3n) is 4.78. The molecule has 3 rings (SSSR count). The second-order valence-electron chi connectivity index (χ2n) is 6.63. The molecule has 2 aromatic carbocycles. The maximum Gasteiger partial charge on any atom is 0.333 e. The van der Waals surface area contributed by atoms with E-state index in [-0.39, 0.29) is 5.84 Å². The highest BCUT2D eigenvalue weighted by Gasteiger charge is 2.27. The summed E-state index contributed by atoms with van der Waals surface area (Å²) in [7, 11) is 4.42. The van der Waals surface area contributed by atoms with Gasteiger partial charge < -0.3 is 25.3 Å². The van der Waals surface area contributed by atoms with Gasteiger partial charge in [-0.15, -0.1) is 0 Å². The number of nitrogen functional groups attached to an aromatic ring is 1. The Balaban J connectivity index is 2.13. The first-order valence-electron chi connectivity index (χ1n) is 9.43. The molecule has 1 atom stereocenters. The fourth-order valence-electron chi connectivity index (χ4n) is 3.20. The number of hydrogen-bond acceptors (Lipinski definition) is 7. The van der Waals surface area contributed by atoms with Crippen LogP contribution < -0.4 is 20.5 Å². The maximum absolute atomic E-state index is 12.8. The number of hydrogen-bond donors (Lipinski definition) is 3. The van der Waals surface area contributed by atoms with Crippen molar-refractivity contribution in [3.05, 3.63) is 72.1 Å². The summed E-state index contributed by atoms with van der Waals surface area (Å²) in [4.78, 5) is 17.0. The molecule has 31 heavy (non-hydrogen) atoms. The maximum atomic E-state index is 12.8. The predicted octanol–water partition coefficient (Wildman–Crippen LogP) is 3.38. The number of benzene rings is 2. The SMILES string of the molecule is COC(=O)C(Nc1ccc(C(=N)N)cc1)c1cc(OC)c(OC)cc1-c1cccnc1. The van der Waals surface area contributed by atoms with Crippen LogP contribution >= 0.6 is 0 Å². The Morgan fingerprint density at radius 1 is 1.06 bits per heavy atom. The number of amidine groups is 1. The van der Waals surface area contributed by atoms with E-state index in [4.69, 9.17) is 25.4 Å². The summed E-state index contributed by atoms with van der Waals surface area (Å²) in [6.07, 6.45) is 3.39. The zero-order valence-electron chi connectivity index (χ0n) is 17.5. The lowest BCUT2D eigenvalue weighted by Crippen LogP contribution is -2.23. The number of rotatable bonds is 8. The molecule has 3 aromatic rings. The first-order chi connectivity index (χ1) is 15.0. The van der Waals surface area contributed by atoms with Crippen molar-refractivity contribution in [2.24, 2.45) is 5.73 Å². The summed E-state index contributed by atoms with van der Waals surface area (Å²) in [5.41, 5.74) is 8.96. The molecular formula is C23H24N4O4. The molecule has 0 bridgehead atoms. The molecule has 1 unspecified atom stereocenters. The van der Waals surface area contributed by atoms with Crippen molar-refractivity contribution in [2.75, 3.05) is 26.6 Å². The van der Waals surface area contributed by atoms with Crippen LogP contribution in [0.2, 0.25) is 0 Å². The molecule has 0 saturated carbocycles. The fourth-order valence-corrected chi connectivity index (χ4v) is 3.20. The molecule has 0 aliphatic heterocycles. The van der Waals surface area contributed by atoms with Crippen molar-refractivity contribution in [1.82, 2.24) is 4.98 Å². The first-order valence-corrected chi connectivity index (χ1v) is 9.43. The quantitative estimate of drug-likeness (QED) is 0.290. The highest BCUT2D eigenvalue weighted by molar-refractivity contribution is 5.95. The van der Waals surface area contributed by atoms with Crippen LogP contribution in [0.1, 0.15) is 17.2 Å². The first kappa shape index (κ1) is 21.6. The number of anilines is 1. The molecule has 0 saturated heterocycles. The molecule has 0 fully saturated rings. The number of carbonyl (C=O) groups is 1. The largest absolute Gasteiger partial charge is 0.493 e. The monoisotopic (exact) mass is 420 g/mol. The molecule has 0 radical (unpaired) electrons. The lowest BCUT2D eigenvalue weighted by Gasteiger charge is -2.23. The number of nitrogens with one attached hydrogen (secondary N) is 2. The van der Waals surface area contributed by atoms with Crippen molar-refractivity contribution < 1.29 is 19.0 Å². The van der Waals surface area contributed by atoms with E-state index in [0.29, 0.717) is 28.3 Å². The van der Waals surface area contributed by atoms with Crippen LogP contribution in [0, 0.1) is 5.41 Å². The number of esters is 1. The Hall–Kier alpha value is -4.07. The van der Waals surface area contributed by atoms with E-state index in [0.717, 1.165) is 11.1 Å². The fraction of sp³-hybridized carbons (Fsp3) is 0.174. The number of nitrogens with two attached hydrogens (primary N) is 1. The van der Waals surface area contributed by atoms with Gasteiger partial charge in [0.2, 0.25) is 0 Å². The summed E-state index contributed by atoms with van der Waals surface area (Å²) in [6.45, 7) is 0. The van der Waals surface area contributed by atoms with Crippen molar-refractivity contribution in [2.45, 2.75) is 6.04 Å². The van der Waals surface area contributed by atoms with E-state index >= 15 is 0 Å². The Labute approximate surface area is 180 Å². The zero-order chi connectivity index (χ0) is 22.4. The summed E-state index contributed by atoms with van der Waals surface area (Å²) in [5, 5.41) is 10.7. The Kier molecular flexibility index (Phi) is 6.71. The van der Waals surface area contributed by atoms with Crippen LogP contribution in [-0.2, 0) is 9.53 Å². The van der Waals surface area contributed by atoms with Crippen molar-refractivity contribution in [3.63, 3.8) is 0 Å². The number of pyridine rings is 1. The topological polar surface area (TPSA) is 120 Å². The molecule has 8 heteroatoms. The molecule has 160 valence electrons. The molecule has 0 spiro atoms. The van der Waals surface area contributed by atoms with Gasteiger partial charge in [-0.1, -0.05) is 6.07 Å². The Morgan fingerprint density at radius 3 is 2.29 bits per heavy atom. The second-order valence-corrected chi connectivity index (χ2v) is 6.63. The van der Waals surface area contributed by atoms with Crippen LogP contribution in [0.5, 0.6) is 11.5 Å². The minimum Gasteiger partial charge on any atom is -0.493 e. The minimum atomic E-state index is -0.844. The summed E-state index contributed by atoms with van der Waals surface area (Å²) in [5.74, 6) is 0.495. The van der Waals surface area contributed by atoms with E-state index in [9.17, 15) is 4.79 Å². The summed E-state index contributed by atoms with van der Waals surface area (Å²) < 4.78 is 16.0. The van der Waals surface area contributed by atoms with Crippen LogP contribution in [0.3, 0.4) is 0 Å². The highest BCUT2D eigenvalue weighted by Crippen LogP contribution is 2.39. The molecule has 1 heterocycles. The number of ether oxygens (including phenoxy) is 3. The van der Waals surface area contributed by atoms with Gasteiger partial charge in [-0.2, -0.15) is 0 Å². The van der Waals surface area contributed by atoms with E-state index in [1.165, 1.54) is 14.2 Å². The molecule has 4 N–H and O–H groups in total. The Morgan fingerprint density at radius 2 is 1.74 bits per heavy atom. The van der Waals surface area contributed by atoms with Gasteiger partial charge in [-0.25, -0.2) is 4.79 Å². The number of carbonyl (C=O) groups excluding carboxylic acids is 1. The van der Waals surface area contributed by atoms with E-state index in [1.807, 2.05) is 18.2 Å². The van der Waals surface area contributed by atoms with Crippen molar-refractivity contribution >= 4 is 17.5 Å². The number of aromatic nitrogens is 1. The van der Waals surface area contributed by atoms with Crippen molar-refractivity contribution in [1.29, 1.82) is 5.41 Å². The van der Waals surface area contributed by atoms with Gasteiger partial charge >= 0.3 is 5.97 Å². The zero-order valence-corrected chi connectivity index (χ0v) is 17.5. The summed E-state index contributed by atoms with van der Waals surface area (Å²) >= 11 is 0. The molecule has 0 aliphatic carbocycles. The lowest BCUT2D eigenvalue weighted by atomic mass is 9.94. The highest BCUT2D eigenvalue weighted by atomic mass is 16.5. The van der Waals surface area contributed by atoms with Crippen molar-refractivity contribution in [3.8, 4) is 22.6 Å². The Bertz CT molecular complexity index is 1070. The molecule has 8 nitrogen and oxygen atoms in total. The average molecular weight is 420 g/mol.